The van der Waals surface area contributed by atoms with Crippen LogP contribution in [-0.2, 0) is 0 Å². The molecular weight excluding hydrogens is 174 g/mol. The number of benzene rings is 1. The summed E-state index contributed by atoms with van der Waals surface area (Å²) in [7, 11) is 0. The number of rotatable bonds is 1. The Morgan fingerprint density at radius 3 is 2.15 bits per heavy atom. The summed E-state index contributed by atoms with van der Waals surface area (Å²) >= 11 is 0. The minimum Gasteiger partial charge on any atom is -0.294 e. The predicted molar refractivity (Wildman–Crippen MR) is 45.8 cm³/mol. The van der Waals surface area contributed by atoms with E-state index in [0.29, 0.717) is 5.56 Å². The van der Waals surface area contributed by atoms with E-state index < -0.39 is 17.4 Å². The molecule has 3 heteroatoms. The molecule has 1 aromatic carbocycles. The zero-order valence-corrected chi connectivity index (χ0v) is 7.74. The van der Waals surface area contributed by atoms with Gasteiger partial charge in [0, 0.05) is 0 Å². The third-order valence-corrected chi connectivity index (χ3v) is 1.94. The number of halogens is 2. The second kappa shape index (κ2) is 3.24. The lowest BCUT2D eigenvalue weighted by atomic mass is 10.0. The third-order valence-electron chi connectivity index (χ3n) is 1.94. The van der Waals surface area contributed by atoms with E-state index in [0.717, 1.165) is 0 Å². The highest BCUT2D eigenvalue weighted by molar-refractivity contribution is 5.95. The first-order chi connectivity index (χ1) is 5.95. The highest BCUT2D eigenvalue weighted by atomic mass is 19.2. The first kappa shape index (κ1) is 9.84. The highest BCUT2D eigenvalue weighted by Gasteiger charge is 2.16. The highest BCUT2D eigenvalue weighted by Crippen LogP contribution is 2.20. The number of hydrogen-bond acceptors (Lipinski definition) is 1. The van der Waals surface area contributed by atoms with E-state index in [-0.39, 0.29) is 11.1 Å². The van der Waals surface area contributed by atoms with Crippen molar-refractivity contribution < 1.29 is 13.6 Å². The molecule has 0 aromatic heterocycles. The lowest BCUT2D eigenvalue weighted by molar-refractivity contribution is 0.101. The molecule has 13 heavy (non-hydrogen) atoms. The van der Waals surface area contributed by atoms with Gasteiger partial charge in [0.2, 0.25) is 0 Å². The predicted octanol–water partition coefficient (Wildman–Crippen LogP) is 2.78. The number of carbonyl (C=O) groups excluding carboxylic acids is 1. The van der Waals surface area contributed by atoms with E-state index in [1.807, 2.05) is 0 Å². The maximum Gasteiger partial charge on any atom is 0.170 e. The Hall–Kier alpha value is -1.25. The molecule has 0 bridgehead atoms. The summed E-state index contributed by atoms with van der Waals surface area (Å²) < 4.78 is 26.2. The molecule has 0 aliphatic rings. The molecule has 0 spiro atoms. The lowest BCUT2D eigenvalue weighted by Gasteiger charge is -2.06. The Morgan fingerprint density at radius 1 is 1.15 bits per heavy atom. The Labute approximate surface area is 75.4 Å². The molecule has 1 nitrogen and oxygen atoms in total. The van der Waals surface area contributed by atoms with Gasteiger partial charge in [0.05, 0.1) is 5.56 Å². The summed E-state index contributed by atoms with van der Waals surface area (Å²) in [5, 5.41) is 0. The minimum atomic E-state index is -1.04. The van der Waals surface area contributed by atoms with Crippen LogP contribution in [-0.4, -0.2) is 5.78 Å². The van der Waals surface area contributed by atoms with E-state index in [1.165, 1.54) is 19.9 Å². The summed E-state index contributed by atoms with van der Waals surface area (Å²) in [5.74, 6) is -2.42. The van der Waals surface area contributed by atoms with Crippen molar-refractivity contribution in [2.75, 3.05) is 0 Å². The Morgan fingerprint density at radius 2 is 1.69 bits per heavy atom. The zero-order chi connectivity index (χ0) is 10.2. The number of Topliss-reactive ketones (excluding diaryl/α,β-unsaturated/α-hetero) is 1. The first-order valence-corrected chi connectivity index (χ1v) is 3.91. The Balaban J connectivity index is 3.53. The lowest BCUT2D eigenvalue weighted by Crippen LogP contribution is -2.05. The first-order valence-electron chi connectivity index (χ1n) is 3.91. The van der Waals surface area contributed by atoms with Crippen LogP contribution in [0.2, 0.25) is 0 Å². The number of carbonyl (C=O) groups is 1. The van der Waals surface area contributed by atoms with E-state index in [2.05, 4.69) is 0 Å². The molecule has 0 unspecified atom stereocenters. The average molecular weight is 184 g/mol. The van der Waals surface area contributed by atoms with Gasteiger partial charge in [-0.15, -0.1) is 0 Å². The summed E-state index contributed by atoms with van der Waals surface area (Å²) in [6, 6.07) is 1.47. The van der Waals surface area contributed by atoms with Gasteiger partial charge in [0.1, 0.15) is 0 Å². The zero-order valence-electron chi connectivity index (χ0n) is 7.74. The minimum absolute atomic E-state index is 0.150. The van der Waals surface area contributed by atoms with Crippen molar-refractivity contribution in [3.8, 4) is 0 Å². The van der Waals surface area contributed by atoms with Crippen LogP contribution in [0.15, 0.2) is 6.07 Å². The SMILES string of the molecule is CC(=O)c1c(C)cc(C)c(F)c1F. The second-order valence-corrected chi connectivity index (χ2v) is 3.07. The fraction of sp³-hybridized carbons (Fsp3) is 0.300. The molecule has 0 heterocycles. The third kappa shape index (κ3) is 1.59. The fourth-order valence-corrected chi connectivity index (χ4v) is 1.35. The molecule has 0 radical (unpaired) electrons. The quantitative estimate of drug-likeness (QED) is 0.613. The fourth-order valence-electron chi connectivity index (χ4n) is 1.35. The molecule has 0 N–H and O–H groups in total. The second-order valence-electron chi connectivity index (χ2n) is 3.07. The molecule has 1 rings (SSSR count). The van der Waals surface area contributed by atoms with E-state index in [9.17, 15) is 13.6 Å². The van der Waals surface area contributed by atoms with E-state index in [1.54, 1.807) is 6.92 Å². The molecule has 0 aliphatic carbocycles. The average Bonchev–Trinajstić information content (AvgIpc) is 1.99. The van der Waals surface area contributed by atoms with Crippen LogP contribution in [0.4, 0.5) is 8.78 Å². The van der Waals surface area contributed by atoms with E-state index in [4.69, 9.17) is 0 Å². The number of aryl methyl sites for hydroxylation is 2. The Bertz CT molecular complexity index is 370. The van der Waals surface area contributed by atoms with Crippen molar-refractivity contribution in [1.82, 2.24) is 0 Å². The molecular formula is C10H10F2O. The molecule has 0 amide bonds. The van der Waals surface area contributed by atoms with E-state index >= 15 is 0 Å². The summed E-state index contributed by atoms with van der Waals surface area (Å²) in [4.78, 5) is 10.9. The van der Waals surface area contributed by atoms with Crippen LogP contribution < -0.4 is 0 Å². The maximum atomic E-state index is 13.2. The van der Waals surface area contributed by atoms with Crippen LogP contribution in [0.5, 0.6) is 0 Å². The van der Waals surface area contributed by atoms with Gasteiger partial charge in [-0.2, -0.15) is 0 Å². The molecule has 0 saturated carbocycles. The van der Waals surface area contributed by atoms with Gasteiger partial charge in [-0.25, -0.2) is 8.78 Å². The van der Waals surface area contributed by atoms with Crippen LogP contribution in [0.1, 0.15) is 28.4 Å². The van der Waals surface area contributed by atoms with Gasteiger partial charge in [-0.1, -0.05) is 6.07 Å². The largest absolute Gasteiger partial charge is 0.294 e. The summed E-state index contributed by atoms with van der Waals surface area (Å²) in [6.07, 6.45) is 0. The molecule has 1 aromatic rings. The van der Waals surface area contributed by atoms with Crippen LogP contribution in [0.3, 0.4) is 0 Å². The van der Waals surface area contributed by atoms with Gasteiger partial charge in [0.25, 0.3) is 0 Å². The van der Waals surface area contributed by atoms with Crippen molar-refractivity contribution in [3.63, 3.8) is 0 Å². The Kier molecular flexibility index (Phi) is 2.45. The summed E-state index contributed by atoms with van der Waals surface area (Å²) in [6.45, 7) is 4.28. The normalized spacial score (nSPS) is 10.2. The van der Waals surface area contributed by atoms with Gasteiger partial charge < -0.3 is 0 Å². The molecule has 0 saturated heterocycles. The standard InChI is InChI=1S/C10H10F2O/c1-5-4-6(2)9(11)10(12)8(5)7(3)13/h4H,1-3H3. The van der Waals surface area contributed by atoms with Crippen molar-refractivity contribution in [2.45, 2.75) is 20.8 Å². The van der Waals surface area contributed by atoms with Crippen molar-refractivity contribution in [1.29, 1.82) is 0 Å². The van der Waals surface area contributed by atoms with Gasteiger partial charge in [-0.05, 0) is 31.9 Å². The summed E-state index contributed by atoms with van der Waals surface area (Å²) in [5.41, 5.74) is 0.548. The number of hydrogen-bond donors (Lipinski definition) is 0. The monoisotopic (exact) mass is 184 g/mol. The molecule has 70 valence electrons. The molecule has 0 atom stereocenters. The van der Waals surface area contributed by atoms with Crippen LogP contribution >= 0.6 is 0 Å². The smallest absolute Gasteiger partial charge is 0.170 e. The van der Waals surface area contributed by atoms with Crippen molar-refractivity contribution in [3.05, 3.63) is 34.4 Å². The maximum absolute atomic E-state index is 13.2. The molecule has 0 fully saturated rings. The number of ketones is 1. The van der Waals surface area contributed by atoms with Crippen LogP contribution in [0, 0.1) is 25.5 Å². The van der Waals surface area contributed by atoms with Gasteiger partial charge >= 0.3 is 0 Å². The van der Waals surface area contributed by atoms with Crippen LogP contribution in [0.25, 0.3) is 0 Å². The van der Waals surface area contributed by atoms with Crippen molar-refractivity contribution >= 4 is 5.78 Å². The topological polar surface area (TPSA) is 17.1 Å². The molecule has 0 aliphatic heterocycles. The van der Waals surface area contributed by atoms with Gasteiger partial charge in [0.15, 0.2) is 17.4 Å². The van der Waals surface area contributed by atoms with Crippen molar-refractivity contribution in [2.24, 2.45) is 0 Å². The van der Waals surface area contributed by atoms with Gasteiger partial charge in [-0.3, -0.25) is 4.79 Å².